The molecule has 0 radical (unpaired) electrons. The van der Waals surface area contributed by atoms with Crippen LogP contribution in [0.15, 0.2) is 59.8 Å². The lowest BCUT2D eigenvalue weighted by molar-refractivity contribution is 1.08. The van der Waals surface area contributed by atoms with Crippen LogP contribution in [0.25, 0.3) is 11.0 Å². The van der Waals surface area contributed by atoms with E-state index in [4.69, 9.17) is 0 Å². The summed E-state index contributed by atoms with van der Waals surface area (Å²) in [7, 11) is -1.41. The molecule has 2 nitrogen and oxygen atoms in total. The molecular weight excluding hydrogens is 280 g/mol. The Morgan fingerprint density at radius 3 is 2.45 bits per heavy atom. The summed E-state index contributed by atoms with van der Waals surface area (Å²) in [6.45, 7) is 4.83. The molecule has 0 spiro atoms. The van der Waals surface area contributed by atoms with E-state index in [1.54, 1.807) is 0 Å². The number of thioether (sulfide) groups is 1. The maximum Gasteiger partial charge on any atom is 0.166 e. The number of hydrogen-bond acceptors (Lipinski definition) is 2. The highest BCUT2D eigenvalue weighted by Crippen LogP contribution is 2.22. The Morgan fingerprint density at radius 2 is 1.70 bits per heavy atom. The number of para-hydroxylation sites is 2. The van der Waals surface area contributed by atoms with Gasteiger partial charge in [-0.2, -0.15) is 0 Å². The molecule has 20 heavy (non-hydrogen) atoms. The average molecular weight is 298 g/mol. The first-order valence-electron chi connectivity index (χ1n) is 6.78. The predicted octanol–water partition coefficient (Wildman–Crippen LogP) is 3.81. The molecule has 0 amide bonds. The molecule has 0 bridgehead atoms. The number of hydrogen-bond donors (Lipinski definition) is 1. The monoisotopic (exact) mass is 298 g/mol. The molecule has 1 heterocycles. The van der Waals surface area contributed by atoms with Crippen molar-refractivity contribution in [3.63, 3.8) is 0 Å². The minimum Gasteiger partial charge on any atom is -0.333 e. The molecule has 0 fully saturated rings. The molecule has 3 rings (SSSR count). The summed E-state index contributed by atoms with van der Waals surface area (Å²) in [5.74, 6) is 0. The van der Waals surface area contributed by atoms with Crippen molar-refractivity contribution in [2.75, 3.05) is 5.38 Å². The topological polar surface area (TPSA) is 28.7 Å². The summed E-state index contributed by atoms with van der Waals surface area (Å²) in [5.41, 5.74) is 2.17. The second-order valence-corrected chi connectivity index (χ2v) is 11.8. The molecule has 2 aromatic carbocycles. The van der Waals surface area contributed by atoms with Crippen molar-refractivity contribution >= 4 is 36.1 Å². The lowest BCUT2D eigenvalue weighted by atomic mass is 10.3. The van der Waals surface area contributed by atoms with Gasteiger partial charge in [-0.15, -0.1) is 0 Å². The lowest BCUT2D eigenvalue weighted by Crippen LogP contribution is -2.44. The van der Waals surface area contributed by atoms with E-state index in [0.29, 0.717) is 0 Å². The van der Waals surface area contributed by atoms with E-state index in [-0.39, 0.29) is 0 Å². The molecule has 0 saturated carbocycles. The van der Waals surface area contributed by atoms with E-state index in [9.17, 15) is 0 Å². The van der Waals surface area contributed by atoms with Crippen molar-refractivity contribution in [2.24, 2.45) is 0 Å². The van der Waals surface area contributed by atoms with Crippen LogP contribution in [0.1, 0.15) is 0 Å². The summed E-state index contributed by atoms with van der Waals surface area (Å²) >= 11 is 1.84. The molecule has 0 aliphatic rings. The zero-order valence-electron chi connectivity index (χ0n) is 11.8. The van der Waals surface area contributed by atoms with E-state index in [1.165, 1.54) is 5.19 Å². The van der Waals surface area contributed by atoms with Gasteiger partial charge in [0.1, 0.15) is 0 Å². The van der Waals surface area contributed by atoms with Crippen LogP contribution < -0.4 is 5.19 Å². The molecule has 0 aliphatic carbocycles. The molecule has 1 aromatic heterocycles. The van der Waals surface area contributed by atoms with Gasteiger partial charge >= 0.3 is 0 Å². The molecule has 0 unspecified atom stereocenters. The first kappa shape index (κ1) is 13.5. The third-order valence-electron chi connectivity index (χ3n) is 3.49. The van der Waals surface area contributed by atoms with Gasteiger partial charge in [-0.05, 0) is 12.1 Å². The van der Waals surface area contributed by atoms with Crippen molar-refractivity contribution in [3.8, 4) is 0 Å². The average Bonchev–Trinajstić information content (AvgIpc) is 2.89. The Bertz CT molecular complexity index is 674. The van der Waals surface area contributed by atoms with Crippen LogP contribution in [0.2, 0.25) is 13.1 Å². The Labute approximate surface area is 124 Å². The SMILES string of the molecule is C[Si](C)(CSc1nc2ccccc2[nH]1)c1ccccc1. The smallest absolute Gasteiger partial charge is 0.166 e. The fourth-order valence-corrected chi connectivity index (χ4v) is 6.32. The largest absolute Gasteiger partial charge is 0.333 e. The number of benzene rings is 2. The summed E-state index contributed by atoms with van der Waals surface area (Å²) in [6, 6.07) is 19.1. The standard InChI is InChI=1S/C16H18N2SSi/c1-20(2,13-8-4-3-5-9-13)12-19-16-17-14-10-6-7-11-15(14)18-16/h3-11H,12H2,1-2H3,(H,17,18). The van der Waals surface area contributed by atoms with Crippen LogP contribution in [0, 0.1) is 0 Å². The molecule has 0 aliphatic heterocycles. The van der Waals surface area contributed by atoms with Crippen molar-refractivity contribution in [1.29, 1.82) is 0 Å². The Balaban J connectivity index is 1.75. The van der Waals surface area contributed by atoms with E-state index in [0.717, 1.165) is 21.6 Å². The van der Waals surface area contributed by atoms with Gasteiger partial charge < -0.3 is 4.98 Å². The second-order valence-electron chi connectivity index (χ2n) is 5.60. The summed E-state index contributed by atoms with van der Waals surface area (Å²) in [4.78, 5) is 8.03. The van der Waals surface area contributed by atoms with Crippen molar-refractivity contribution in [2.45, 2.75) is 18.3 Å². The van der Waals surface area contributed by atoms with Crippen LogP contribution in [0.3, 0.4) is 0 Å². The molecule has 4 heteroatoms. The van der Waals surface area contributed by atoms with E-state index in [1.807, 2.05) is 23.9 Å². The van der Waals surface area contributed by atoms with Crippen LogP contribution >= 0.6 is 11.8 Å². The van der Waals surface area contributed by atoms with Crippen molar-refractivity contribution in [3.05, 3.63) is 54.6 Å². The first-order chi connectivity index (χ1) is 9.65. The molecule has 3 aromatic rings. The minimum atomic E-state index is -1.41. The zero-order valence-corrected chi connectivity index (χ0v) is 13.6. The van der Waals surface area contributed by atoms with Crippen LogP contribution in [0.4, 0.5) is 0 Å². The zero-order chi connectivity index (χ0) is 14.0. The third-order valence-corrected chi connectivity index (χ3v) is 9.32. The maximum absolute atomic E-state index is 4.64. The lowest BCUT2D eigenvalue weighted by Gasteiger charge is -2.21. The van der Waals surface area contributed by atoms with Crippen molar-refractivity contribution < 1.29 is 0 Å². The third kappa shape index (κ3) is 2.81. The van der Waals surface area contributed by atoms with Gasteiger partial charge in [-0.1, -0.05) is 72.5 Å². The first-order valence-corrected chi connectivity index (χ1v) is 11.0. The number of rotatable bonds is 4. The van der Waals surface area contributed by atoms with Crippen molar-refractivity contribution in [1.82, 2.24) is 9.97 Å². The quantitative estimate of drug-likeness (QED) is 0.586. The molecular formula is C16H18N2SSi. The number of nitrogens with one attached hydrogen (secondary N) is 1. The number of nitrogens with zero attached hydrogens (tertiary/aromatic N) is 1. The highest BCUT2D eigenvalue weighted by Gasteiger charge is 2.23. The fraction of sp³-hybridized carbons (Fsp3) is 0.188. The van der Waals surface area contributed by atoms with Gasteiger partial charge in [-0.25, -0.2) is 4.98 Å². The number of imidazole rings is 1. The minimum absolute atomic E-state index is 1.03. The Morgan fingerprint density at radius 1 is 1.00 bits per heavy atom. The molecule has 1 N–H and O–H groups in total. The highest BCUT2D eigenvalue weighted by atomic mass is 32.2. The van der Waals surface area contributed by atoms with E-state index >= 15 is 0 Å². The Hall–Kier alpha value is -1.52. The predicted molar refractivity (Wildman–Crippen MR) is 90.4 cm³/mol. The number of aromatic amines is 1. The van der Waals surface area contributed by atoms with Gasteiger partial charge in [-0.3, -0.25) is 0 Å². The van der Waals surface area contributed by atoms with Crippen LogP contribution in [-0.2, 0) is 0 Å². The van der Waals surface area contributed by atoms with E-state index in [2.05, 4.69) is 65.5 Å². The highest BCUT2D eigenvalue weighted by molar-refractivity contribution is 8.00. The summed E-state index contributed by atoms with van der Waals surface area (Å²) in [5, 5.41) is 3.67. The number of aromatic nitrogens is 2. The van der Waals surface area contributed by atoms with Gasteiger partial charge in [0.25, 0.3) is 0 Å². The Kier molecular flexibility index (Phi) is 3.67. The second kappa shape index (κ2) is 5.46. The van der Waals surface area contributed by atoms with Gasteiger partial charge in [0.2, 0.25) is 0 Å². The normalized spacial score (nSPS) is 11.9. The number of H-pyrrole nitrogens is 1. The fourth-order valence-electron chi connectivity index (χ4n) is 2.22. The number of fused-ring (bicyclic) bond motifs is 1. The summed E-state index contributed by atoms with van der Waals surface area (Å²) < 4.78 is 0. The van der Waals surface area contributed by atoms with E-state index < -0.39 is 8.07 Å². The van der Waals surface area contributed by atoms with Gasteiger partial charge in [0.05, 0.1) is 19.1 Å². The summed E-state index contributed by atoms with van der Waals surface area (Å²) in [6.07, 6.45) is 0. The molecule has 102 valence electrons. The molecule has 0 saturated heterocycles. The van der Waals surface area contributed by atoms with Gasteiger partial charge in [0.15, 0.2) is 5.16 Å². The van der Waals surface area contributed by atoms with Crippen LogP contribution in [0.5, 0.6) is 0 Å². The van der Waals surface area contributed by atoms with Gasteiger partial charge in [0, 0.05) is 5.38 Å². The molecule has 0 atom stereocenters. The van der Waals surface area contributed by atoms with Crippen LogP contribution in [-0.4, -0.2) is 23.4 Å². The maximum atomic E-state index is 4.64.